The molecule has 4 nitrogen and oxygen atoms in total. The molecule has 0 aliphatic rings. The standard InChI is InChI=1S/C12H14Cl2N4S/c13-9-1-2-11(14)12(7-9)19-6-5-18-8-10(3-4-15)16-17-18/h1-2,7-8H,3-6,15H2. The fraction of sp³-hybridized carbons (Fsp3) is 0.333. The Kier molecular flexibility index (Phi) is 5.51. The van der Waals surface area contributed by atoms with Gasteiger partial charge in [-0.05, 0) is 24.7 Å². The van der Waals surface area contributed by atoms with E-state index in [0.29, 0.717) is 11.6 Å². The van der Waals surface area contributed by atoms with E-state index in [1.165, 1.54) is 0 Å². The number of benzene rings is 1. The summed E-state index contributed by atoms with van der Waals surface area (Å²) in [5, 5.41) is 9.50. The van der Waals surface area contributed by atoms with E-state index in [1.54, 1.807) is 23.9 Å². The molecule has 2 aromatic rings. The van der Waals surface area contributed by atoms with Crippen LogP contribution in [0.25, 0.3) is 0 Å². The van der Waals surface area contributed by atoms with E-state index >= 15 is 0 Å². The second kappa shape index (κ2) is 7.14. The molecule has 1 aromatic carbocycles. The first kappa shape index (κ1) is 14.7. The van der Waals surface area contributed by atoms with Crippen LogP contribution >= 0.6 is 35.0 Å². The first-order chi connectivity index (χ1) is 9.19. The van der Waals surface area contributed by atoms with Gasteiger partial charge in [0, 0.05) is 28.3 Å². The molecule has 0 unspecified atom stereocenters. The van der Waals surface area contributed by atoms with Crippen LogP contribution in [0.3, 0.4) is 0 Å². The molecule has 0 amide bonds. The Labute approximate surface area is 126 Å². The van der Waals surface area contributed by atoms with Crippen LogP contribution in [0.4, 0.5) is 0 Å². The summed E-state index contributed by atoms with van der Waals surface area (Å²) in [6.45, 7) is 1.36. The van der Waals surface area contributed by atoms with Gasteiger partial charge in [-0.2, -0.15) is 0 Å². The Morgan fingerprint density at radius 1 is 1.32 bits per heavy atom. The van der Waals surface area contributed by atoms with Crippen molar-refractivity contribution < 1.29 is 0 Å². The predicted octanol–water partition coefficient (Wildman–Crippen LogP) is 2.88. The molecule has 102 valence electrons. The van der Waals surface area contributed by atoms with Crippen LogP contribution in [-0.4, -0.2) is 27.3 Å². The van der Waals surface area contributed by atoms with Crippen LogP contribution in [0.1, 0.15) is 5.69 Å². The molecular weight excluding hydrogens is 303 g/mol. The zero-order valence-electron chi connectivity index (χ0n) is 10.2. The van der Waals surface area contributed by atoms with E-state index in [9.17, 15) is 0 Å². The van der Waals surface area contributed by atoms with E-state index in [4.69, 9.17) is 28.9 Å². The second-order valence-electron chi connectivity index (χ2n) is 3.93. The average molecular weight is 317 g/mol. The van der Waals surface area contributed by atoms with Crippen molar-refractivity contribution in [3.05, 3.63) is 40.1 Å². The molecule has 0 atom stereocenters. The molecule has 0 saturated carbocycles. The second-order valence-corrected chi connectivity index (χ2v) is 5.92. The maximum Gasteiger partial charge on any atom is 0.0839 e. The molecule has 2 N–H and O–H groups in total. The van der Waals surface area contributed by atoms with Gasteiger partial charge in [-0.3, -0.25) is 4.68 Å². The molecule has 0 aliphatic carbocycles. The van der Waals surface area contributed by atoms with Gasteiger partial charge in [-0.25, -0.2) is 0 Å². The highest BCUT2D eigenvalue weighted by Gasteiger charge is 2.04. The van der Waals surface area contributed by atoms with Gasteiger partial charge in [0.05, 0.1) is 17.3 Å². The lowest BCUT2D eigenvalue weighted by Gasteiger charge is -2.04. The summed E-state index contributed by atoms with van der Waals surface area (Å²) in [6, 6.07) is 5.46. The SMILES string of the molecule is NCCc1cn(CCSc2cc(Cl)ccc2Cl)nn1. The predicted molar refractivity (Wildman–Crippen MR) is 80.0 cm³/mol. The molecule has 0 radical (unpaired) electrons. The molecule has 0 saturated heterocycles. The van der Waals surface area contributed by atoms with Gasteiger partial charge in [0.25, 0.3) is 0 Å². The summed E-state index contributed by atoms with van der Waals surface area (Å²) in [5.41, 5.74) is 6.39. The lowest BCUT2D eigenvalue weighted by molar-refractivity contribution is 0.632. The van der Waals surface area contributed by atoms with E-state index < -0.39 is 0 Å². The molecule has 0 aliphatic heterocycles. The van der Waals surface area contributed by atoms with Crippen molar-refractivity contribution in [1.82, 2.24) is 15.0 Å². The fourth-order valence-corrected chi connectivity index (χ4v) is 2.98. The van der Waals surface area contributed by atoms with Crippen LogP contribution in [-0.2, 0) is 13.0 Å². The Morgan fingerprint density at radius 2 is 2.16 bits per heavy atom. The molecule has 19 heavy (non-hydrogen) atoms. The van der Waals surface area contributed by atoms with Gasteiger partial charge in [0.1, 0.15) is 0 Å². The Balaban J connectivity index is 1.87. The maximum absolute atomic E-state index is 6.10. The minimum atomic E-state index is 0.589. The third-order valence-electron chi connectivity index (χ3n) is 2.46. The number of nitrogens with zero attached hydrogens (tertiary/aromatic N) is 3. The maximum atomic E-state index is 6.10. The first-order valence-electron chi connectivity index (χ1n) is 5.86. The van der Waals surface area contributed by atoms with Gasteiger partial charge in [-0.1, -0.05) is 28.4 Å². The number of hydrogen-bond acceptors (Lipinski definition) is 4. The van der Waals surface area contributed by atoms with Crippen molar-refractivity contribution in [2.24, 2.45) is 5.73 Å². The molecule has 1 heterocycles. The number of aryl methyl sites for hydroxylation is 1. The van der Waals surface area contributed by atoms with Crippen molar-refractivity contribution in [2.45, 2.75) is 17.9 Å². The van der Waals surface area contributed by atoms with Gasteiger partial charge in [0.15, 0.2) is 0 Å². The monoisotopic (exact) mass is 316 g/mol. The minimum Gasteiger partial charge on any atom is -0.330 e. The van der Waals surface area contributed by atoms with Crippen molar-refractivity contribution >= 4 is 35.0 Å². The largest absolute Gasteiger partial charge is 0.330 e. The van der Waals surface area contributed by atoms with Crippen LogP contribution in [0.15, 0.2) is 29.3 Å². The zero-order chi connectivity index (χ0) is 13.7. The van der Waals surface area contributed by atoms with Crippen molar-refractivity contribution in [2.75, 3.05) is 12.3 Å². The number of halogens is 2. The summed E-state index contributed by atoms with van der Waals surface area (Å²) in [7, 11) is 0. The fourth-order valence-electron chi connectivity index (χ4n) is 1.55. The number of rotatable bonds is 6. The molecule has 1 aromatic heterocycles. The van der Waals surface area contributed by atoms with Gasteiger partial charge >= 0.3 is 0 Å². The molecule has 0 fully saturated rings. The van der Waals surface area contributed by atoms with Crippen LogP contribution in [0, 0.1) is 0 Å². The summed E-state index contributed by atoms with van der Waals surface area (Å²) in [4.78, 5) is 0.983. The van der Waals surface area contributed by atoms with E-state index in [2.05, 4.69) is 10.3 Å². The number of thioether (sulfide) groups is 1. The lowest BCUT2D eigenvalue weighted by Crippen LogP contribution is -2.03. The average Bonchev–Trinajstić information content (AvgIpc) is 2.82. The zero-order valence-corrected chi connectivity index (χ0v) is 12.5. The highest BCUT2D eigenvalue weighted by atomic mass is 35.5. The summed E-state index contributed by atoms with van der Waals surface area (Å²) < 4.78 is 1.82. The first-order valence-corrected chi connectivity index (χ1v) is 7.60. The summed E-state index contributed by atoms with van der Waals surface area (Å²) in [6.07, 6.45) is 2.68. The lowest BCUT2D eigenvalue weighted by atomic mass is 10.3. The van der Waals surface area contributed by atoms with E-state index in [0.717, 1.165) is 34.3 Å². The summed E-state index contributed by atoms with van der Waals surface area (Å²) >= 11 is 13.7. The van der Waals surface area contributed by atoms with E-state index in [1.807, 2.05) is 16.9 Å². The van der Waals surface area contributed by atoms with Crippen molar-refractivity contribution in [3.8, 4) is 0 Å². The number of nitrogens with two attached hydrogens (primary N) is 1. The molecule has 2 rings (SSSR count). The Bertz CT molecular complexity index is 544. The topological polar surface area (TPSA) is 56.7 Å². The third-order valence-corrected chi connectivity index (χ3v) is 4.17. The van der Waals surface area contributed by atoms with Crippen molar-refractivity contribution in [1.29, 1.82) is 0 Å². The van der Waals surface area contributed by atoms with Crippen LogP contribution < -0.4 is 5.73 Å². The van der Waals surface area contributed by atoms with Gasteiger partial charge in [-0.15, -0.1) is 16.9 Å². The van der Waals surface area contributed by atoms with Crippen LogP contribution in [0.5, 0.6) is 0 Å². The molecule has 0 bridgehead atoms. The highest BCUT2D eigenvalue weighted by molar-refractivity contribution is 7.99. The molecule has 7 heteroatoms. The Hall–Kier alpha value is -0.750. The van der Waals surface area contributed by atoms with Gasteiger partial charge in [0.2, 0.25) is 0 Å². The third kappa shape index (κ3) is 4.38. The smallest absolute Gasteiger partial charge is 0.0839 e. The highest BCUT2D eigenvalue weighted by Crippen LogP contribution is 2.29. The Morgan fingerprint density at radius 3 is 2.95 bits per heavy atom. The van der Waals surface area contributed by atoms with Crippen molar-refractivity contribution in [3.63, 3.8) is 0 Å². The summed E-state index contributed by atoms with van der Waals surface area (Å²) in [5.74, 6) is 0.853. The molecular formula is C12H14Cl2N4S. The normalized spacial score (nSPS) is 10.9. The number of aromatic nitrogens is 3. The quantitative estimate of drug-likeness (QED) is 0.832. The number of hydrogen-bond donors (Lipinski definition) is 1. The van der Waals surface area contributed by atoms with Crippen LogP contribution in [0.2, 0.25) is 10.0 Å². The molecule has 0 spiro atoms. The van der Waals surface area contributed by atoms with E-state index in [-0.39, 0.29) is 0 Å². The van der Waals surface area contributed by atoms with Gasteiger partial charge < -0.3 is 5.73 Å². The minimum absolute atomic E-state index is 0.589.